The van der Waals surface area contributed by atoms with Crippen molar-refractivity contribution in [2.75, 3.05) is 13.1 Å². The molecule has 1 fully saturated rings. The van der Waals surface area contributed by atoms with Crippen molar-refractivity contribution in [1.29, 1.82) is 0 Å². The number of rotatable bonds is 2. The van der Waals surface area contributed by atoms with E-state index in [1.165, 1.54) is 5.56 Å². The molecular weight excluding hydrogens is 200 g/mol. The Morgan fingerprint density at radius 2 is 2.12 bits per heavy atom. The molecule has 86 valence electrons. The van der Waals surface area contributed by atoms with Crippen molar-refractivity contribution in [2.24, 2.45) is 11.1 Å². The summed E-state index contributed by atoms with van der Waals surface area (Å²) >= 11 is 0. The van der Waals surface area contributed by atoms with Crippen LogP contribution in [0.5, 0.6) is 0 Å². The van der Waals surface area contributed by atoms with Crippen LogP contribution in [0.25, 0.3) is 0 Å². The predicted octanol–water partition coefficient (Wildman–Crippen LogP) is 2.36. The van der Waals surface area contributed by atoms with Gasteiger partial charge < -0.3 is 5.21 Å². The van der Waals surface area contributed by atoms with Crippen LogP contribution < -0.4 is 0 Å². The number of benzene rings is 1. The molecule has 1 aliphatic rings. The Labute approximate surface area is 96.4 Å². The minimum absolute atomic E-state index is 0.363. The number of nitrogens with zero attached hydrogens (tertiary/aromatic N) is 2. The topological polar surface area (TPSA) is 35.8 Å². The van der Waals surface area contributed by atoms with E-state index in [1.54, 1.807) is 0 Å². The largest absolute Gasteiger partial charge is 0.411 e. The Hall–Kier alpha value is -1.35. The third-order valence-corrected chi connectivity index (χ3v) is 3.16. The van der Waals surface area contributed by atoms with Gasteiger partial charge in [0.1, 0.15) is 0 Å². The number of likely N-dealkylation sites (tertiary alicyclic amines) is 1. The molecule has 1 aliphatic heterocycles. The molecule has 0 saturated carbocycles. The molecule has 3 heteroatoms. The summed E-state index contributed by atoms with van der Waals surface area (Å²) in [7, 11) is 0. The van der Waals surface area contributed by atoms with Gasteiger partial charge in [-0.1, -0.05) is 42.4 Å². The molecular formula is C13H18N2O. The van der Waals surface area contributed by atoms with E-state index >= 15 is 0 Å². The van der Waals surface area contributed by atoms with Crippen molar-refractivity contribution >= 4 is 5.71 Å². The van der Waals surface area contributed by atoms with Gasteiger partial charge in [0, 0.05) is 32.0 Å². The molecule has 1 saturated heterocycles. The fraction of sp³-hybridized carbons (Fsp3) is 0.462. The van der Waals surface area contributed by atoms with Gasteiger partial charge in [0.2, 0.25) is 0 Å². The Kier molecular flexibility index (Phi) is 3.57. The van der Waals surface area contributed by atoms with E-state index in [2.05, 4.69) is 41.2 Å². The molecule has 0 aliphatic carbocycles. The Morgan fingerprint density at radius 3 is 2.75 bits per heavy atom. The van der Waals surface area contributed by atoms with E-state index in [4.69, 9.17) is 5.21 Å². The van der Waals surface area contributed by atoms with Gasteiger partial charge in [0.25, 0.3) is 0 Å². The van der Waals surface area contributed by atoms with Crippen LogP contribution in [0.15, 0.2) is 35.5 Å². The first-order chi connectivity index (χ1) is 7.79. The van der Waals surface area contributed by atoms with Crippen LogP contribution in [-0.2, 0) is 6.54 Å². The highest BCUT2D eigenvalue weighted by Gasteiger charge is 2.22. The van der Waals surface area contributed by atoms with Crippen molar-refractivity contribution < 1.29 is 5.21 Å². The zero-order chi connectivity index (χ0) is 11.4. The Morgan fingerprint density at radius 1 is 1.38 bits per heavy atom. The Balaban J connectivity index is 1.94. The van der Waals surface area contributed by atoms with Crippen molar-refractivity contribution in [1.82, 2.24) is 4.90 Å². The highest BCUT2D eigenvalue weighted by atomic mass is 16.4. The summed E-state index contributed by atoms with van der Waals surface area (Å²) in [5.74, 6) is 0.363. The van der Waals surface area contributed by atoms with Gasteiger partial charge in [-0.3, -0.25) is 4.90 Å². The smallest absolute Gasteiger partial charge is 0.0624 e. The molecule has 1 atom stereocenters. The maximum atomic E-state index is 8.81. The summed E-state index contributed by atoms with van der Waals surface area (Å²) < 4.78 is 0. The van der Waals surface area contributed by atoms with Gasteiger partial charge in [-0.15, -0.1) is 0 Å². The normalized spacial score (nSPS) is 24.8. The summed E-state index contributed by atoms with van der Waals surface area (Å²) in [6, 6.07) is 10.5. The molecule has 0 aromatic heterocycles. The second-order valence-corrected chi connectivity index (χ2v) is 4.46. The van der Waals surface area contributed by atoms with E-state index in [0.717, 1.165) is 31.8 Å². The minimum Gasteiger partial charge on any atom is -0.411 e. The molecule has 1 heterocycles. The maximum Gasteiger partial charge on any atom is 0.0624 e. The molecule has 0 radical (unpaired) electrons. The molecule has 1 aromatic carbocycles. The van der Waals surface area contributed by atoms with Gasteiger partial charge in [0.15, 0.2) is 0 Å². The molecule has 1 aromatic rings. The lowest BCUT2D eigenvalue weighted by atomic mass is 9.97. The molecule has 0 amide bonds. The van der Waals surface area contributed by atoms with Crippen LogP contribution in [0.4, 0.5) is 0 Å². The van der Waals surface area contributed by atoms with Crippen molar-refractivity contribution in [3.05, 3.63) is 35.9 Å². The molecule has 0 spiro atoms. The number of hydrogen-bond donors (Lipinski definition) is 1. The molecule has 1 unspecified atom stereocenters. The summed E-state index contributed by atoms with van der Waals surface area (Å²) in [4.78, 5) is 2.41. The van der Waals surface area contributed by atoms with E-state index in [-0.39, 0.29) is 0 Å². The third kappa shape index (κ3) is 2.61. The van der Waals surface area contributed by atoms with Crippen LogP contribution >= 0.6 is 0 Å². The summed E-state index contributed by atoms with van der Waals surface area (Å²) in [6.45, 7) is 5.07. The van der Waals surface area contributed by atoms with E-state index in [0.29, 0.717) is 5.92 Å². The maximum absolute atomic E-state index is 8.81. The first-order valence-corrected chi connectivity index (χ1v) is 5.76. The van der Waals surface area contributed by atoms with Crippen molar-refractivity contribution in [3.8, 4) is 0 Å². The average molecular weight is 218 g/mol. The predicted molar refractivity (Wildman–Crippen MR) is 64.7 cm³/mol. The van der Waals surface area contributed by atoms with E-state index < -0.39 is 0 Å². The van der Waals surface area contributed by atoms with Gasteiger partial charge in [0.05, 0.1) is 5.71 Å². The van der Waals surface area contributed by atoms with Crippen LogP contribution in [0.2, 0.25) is 0 Å². The van der Waals surface area contributed by atoms with Gasteiger partial charge in [-0.05, 0) is 5.56 Å². The average Bonchev–Trinajstić information content (AvgIpc) is 2.31. The monoisotopic (exact) mass is 218 g/mol. The van der Waals surface area contributed by atoms with Crippen LogP contribution in [-0.4, -0.2) is 28.9 Å². The molecule has 16 heavy (non-hydrogen) atoms. The lowest BCUT2D eigenvalue weighted by Gasteiger charge is -2.31. The summed E-state index contributed by atoms with van der Waals surface area (Å²) in [5.41, 5.74) is 2.28. The Bertz CT molecular complexity index is 361. The first-order valence-electron chi connectivity index (χ1n) is 5.76. The molecule has 1 N–H and O–H groups in total. The lowest BCUT2D eigenvalue weighted by Crippen LogP contribution is -2.39. The summed E-state index contributed by atoms with van der Waals surface area (Å²) in [6.07, 6.45) is 0.879. The van der Waals surface area contributed by atoms with Gasteiger partial charge >= 0.3 is 0 Å². The SMILES string of the molecule is CC1CN(Cc2ccccc2)CC/C1=N/O. The second kappa shape index (κ2) is 5.12. The second-order valence-electron chi connectivity index (χ2n) is 4.46. The highest BCUT2D eigenvalue weighted by Crippen LogP contribution is 2.16. The van der Waals surface area contributed by atoms with Crippen molar-refractivity contribution in [3.63, 3.8) is 0 Å². The number of hydrogen-bond acceptors (Lipinski definition) is 3. The fourth-order valence-electron chi connectivity index (χ4n) is 2.24. The van der Waals surface area contributed by atoms with Gasteiger partial charge in [-0.2, -0.15) is 0 Å². The highest BCUT2D eigenvalue weighted by molar-refractivity contribution is 5.86. The molecule has 2 rings (SSSR count). The zero-order valence-corrected chi connectivity index (χ0v) is 9.63. The standard InChI is InChI=1S/C13H18N2O/c1-11-9-15(8-7-13(11)14-16)10-12-5-3-2-4-6-12/h2-6,11,16H,7-10H2,1H3/b14-13-. The van der Waals surface area contributed by atoms with E-state index in [1.807, 2.05) is 6.07 Å². The van der Waals surface area contributed by atoms with E-state index in [9.17, 15) is 0 Å². The fourth-order valence-corrected chi connectivity index (χ4v) is 2.24. The molecule has 0 bridgehead atoms. The molecule has 3 nitrogen and oxygen atoms in total. The van der Waals surface area contributed by atoms with Gasteiger partial charge in [-0.25, -0.2) is 0 Å². The third-order valence-electron chi connectivity index (χ3n) is 3.16. The van der Waals surface area contributed by atoms with Crippen molar-refractivity contribution in [2.45, 2.75) is 19.9 Å². The van der Waals surface area contributed by atoms with Crippen LogP contribution in [0, 0.1) is 5.92 Å². The number of piperidine rings is 1. The first kappa shape index (κ1) is 11.1. The lowest BCUT2D eigenvalue weighted by molar-refractivity contribution is 0.228. The van der Waals surface area contributed by atoms with Crippen LogP contribution in [0.1, 0.15) is 18.9 Å². The minimum atomic E-state index is 0.363. The van der Waals surface area contributed by atoms with Crippen LogP contribution in [0.3, 0.4) is 0 Å². The zero-order valence-electron chi connectivity index (χ0n) is 9.63. The number of oxime groups is 1. The summed E-state index contributed by atoms with van der Waals surface area (Å²) in [5, 5.41) is 12.2. The quantitative estimate of drug-likeness (QED) is 0.611.